The zero-order valence-electron chi connectivity index (χ0n) is 18.2. The average Bonchev–Trinajstić information content (AvgIpc) is 3.16. The standard InChI is InChI=1S/C23H27N5O2S/c1-5-28-21(17(4)24-22(30)18-11-9-15(2)10-12-18)26-27-23(28)31-14-20(29)25-19-8-6-7-16(3)13-19/h6-13,17H,5,14H2,1-4H3,(H,24,30)(H,25,29)/t17-/m0/s1. The van der Waals surface area contributed by atoms with E-state index in [4.69, 9.17) is 0 Å². The van der Waals surface area contributed by atoms with Crippen molar-refractivity contribution in [1.82, 2.24) is 20.1 Å². The van der Waals surface area contributed by atoms with Crippen LogP contribution in [0.15, 0.2) is 53.7 Å². The van der Waals surface area contributed by atoms with Crippen LogP contribution in [0.2, 0.25) is 0 Å². The summed E-state index contributed by atoms with van der Waals surface area (Å²) in [6.45, 7) is 8.46. The van der Waals surface area contributed by atoms with Gasteiger partial charge in [0, 0.05) is 17.8 Å². The fourth-order valence-electron chi connectivity index (χ4n) is 3.12. The van der Waals surface area contributed by atoms with E-state index in [0.29, 0.717) is 23.1 Å². The third kappa shape index (κ3) is 5.95. The molecule has 31 heavy (non-hydrogen) atoms. The Morgan fingerprint density at radius 2 is 1.81 bits per heavy atom. The second-order valence-electron chi connectivity index (χ2n) is 7.35. The maximum Gasteiger partial charge on any atom is 0.251 e. The number of aryl methyl sites for hydroxylation is 2. The van der Waals surface area contributed by atoms with Crippen molar-refractivity contribution in [3.05, 3.63) is 71.0 Å². The number of rotatable bonds is 8. The highest BCUT2D eigenvalue weighted by Crippen LogP contribution is 2.21. The van der Waals surface area contributed by atoms with E-state index >= 15 is 0 Å². The van der Waals surface area contributed by atoms with Gasteiger partial charge in [0.2, 0.25) is 5.91 Å². The number of hydrogen-bond acceptors (Lipinski definition) is 5. The SMILES string of the molecule is CCn1c(SCC(=O)Nc2cccc(C)c2)nnc1[C@H](C)NC(=O)c1ccc(C)cc1. The van der Waals surface area contributed by atoms with E-state index in [-0.39, 0.29) is 23.6 Å². The van der Waals surface area contributed by atoms with E-state index < -0.39 is 0 Å². The van der Waals surface area contributed by atoms with Crippen molar-refractivity contribution in [3.8, 4) is 0 Å². The summed E-state index contributed by atoms with van der Waals surface area (Å²) in [6, 6.07) is 14.8. The van der Waals surface area contributed by atoms with Crippen LogP contribution < -0.4 is 10.6 Å². The lowest BCUT2D eigenvalue weighted by Crippen LogP contribution is -2.28. The molecule has 0 fully saturated rings. The van der Waals surface area contributed by atoms with Crippen LogP contribution >= 0.6 is 11.8 Å². The Kier molecular flexibility index (Phi) is 7.46. The van der Waals surface area contributed by atoms with Crippen molar-refractivity contribution < 1.29 is 9.59 Å². The Morgan fingerprint density at radius 1 is 1.06 bits per heavy atom. The van der Waals surface area contributed by atoms with Crippen LogP contribution in [-0.2, 0) is 11.3 Å². The number of amides is 2. The van der Waals surface area contributed by atoms with Gasteiger partial charge in [-0.3, -0.25) is 9.59 Å². The van der Waals surface area contributed by atoms with Gasteiger partial charge in [0.1, 0.15) is 0 Å². The maximum atomic E-state index is 12.5. The predicted molar refractivity (Wildman–Crippen MR) is 123 cm³/mol. The molecule has 3 rings (SSSR count). The van der Waals surface area contributed by atoms with Crippen LogP contribution in [0.25, 0.3) is 0 Å². The van der Waals surface area contributed by atoms with Gasteiger partial charge < -0.3 is 15.2 Å². The van der Waals surface area contributed by atoms with Gasteiger partial charge in [-0.2, -0.15) is 0 Å². The highest BCUT2D eigenvalue weighted by Gasteiger charge is 2.20. The average molecular weight is 438 g/mol. The Bertz CT molecular complexity index is 1060. The van der Waals surface area contributed by atoms with Crippen LogP contribution in [0.1, 0.15) is 47.2 Å². The molecule has 8 heteroatoms. The number of carbonyl (C=O) groups is 2. The van der Waals surface area contributed by atoms with E-state index in [2.05, 4.69) is 20.8 Å². The summed E-state index contributed by atoms with van der Waals surface area (Å²) in [7, 11) is 0. The number of carbonyl (C=O) groups excluding carboxylic acids is 2. The van der Waals surface area contributed by atoms with Gasteiger partial charge in [-0.05, 0) is 57.5 Å². The van der Waals surface area contributed by atoms with Crippen LogP contribution in [-0.4, -0.2) is 32.3 Å². The fourth-order valence-corrected chi connectivity index (χ4v) is 3.93. The van der Waals surface area contributed by atoms with Gasteiger partial charge in [-0.15, -0.1) is 10.2 Å². The lowest BCUT2D eigenvalue weighted by atomic mass is 10.1. The summed E-state index contributed by atoms with van der Waals surface area (Å²) in [6.07, 6.45) is 0. The molecule has 0 unspecified atom stereocenters. The van der Waals surface area contributed by atoms with E-state index in [1.807, 2.05) is 68.7 Å². The lowest BCUT2D eigenvalue weighted by molar-refractivity contribution is -0.113. The van der Waals surface area contributed by atoms with Crippen molar-refractivity contribution in [1.29, 1.82) is 0 Å². The molecule has 2 aromatic carbocycles. The molecule has 162 valence electrons. The Labute approximate surface area is 186 Å². The molecule has 0 bridgehead atoms. The largest absolute Gasteiger partial charge is 0.342 e. The molecule has 0 spiro atoms. The number of anilines is 1. The molecular formula is C23H27N5O2S. The molecule has 2 N–H and O–H groups in total. The Balaban J connectivity index is 1.62. The minimum absolute atomic E-state index is 0.108. The third-order valence-electron chi connectivity index (χ3n) is 4.74. The Morgan fingerprint density at radius 3 is 2.48 bits per heavy atom. The van der Waals surface area contributed by atoms with Crippen LogP contribution in [0.4, 0.5) is 5.69 Å². The second kappa shape index (κ2) is 10.3. The summed E-state index contributed by atoms with van der Waals surface area (Å²) in [5.74, 6) is 0.605. The van der Waals surface area contributed by atoms with Crippen molar-refractivity contribution in [3.63, 3.8) is 0 Å². The minimum atomic E-state index is -0.322. The predicted octanol–water partition coefficient (Wildman–Crippen LogP) is 4.14. The molecule has 1 atom stereocenters. The molecular weight excluding hydrogens is 410 g/mol. The van der Waals surface area contributed by atoms with E-state index in [1.165, 1.54) is 11.8 Å². The van der Waals surface area contributed by atoms with Crippen LogP contribution in [0.5, 0.6) is 0 Å². The fraction of sp³-hybridized carbons (Fsp3) is 0.304. The summed E-state index contributed by atoms with van der Waals surface area (Å²) in [5, 5.41) is 15.0. The minimum Gasteiger partial charge on any atom is -0.342 e. The number of nitrogens with one attached hydrogen (secondary N) is 2. The molecule has 2 amide bonds. The molecule has 0 aliphatic carbocycles. The quantitative estimate of drug-likeness (QED) is 0.517. The van der Waals surface area contributed by atoms with Crippen molar-refractivity contribution in [2.45, 2.75) is 45.4 Å². The molecule has 1 aromatic heterocycles. The first kappa shape index (κ1) is 22.6. The van der Waals surface area contributed by atoms with Gasteiger partial charge in [0.05, 0.1) is 11.8 Å². The highest BCUT2D eigenvalue weighted by atomic mass is 32.2. The van der Waals surface area contributed by atoms with Crippen LogP contribution in [0, 0.1) is 13.8 Å². The third-order valence-corrected chi connectivity index (χ3v) is 5.71. The molecule has 7 nitrogen and oxygen atoms in total. The number of aromatic nitrogens is 3. The summed E-state index contributed by atoms with van der Waals surface area (Å²) >= 11 is 1.32. The lowest BCUT2D eigenvalue weighted by Gasteiger charge is -2.15. The molecule has 0 aliphatic rings. The van der Waals surface area contributed by atoms with Crippen LogP contribution in [0.3, 0.4) is 0 Å². The smallest absolute Gasteiger partial charge is 0.251 e. The van der Waals surface area contributed by atoms with Gasteiger partial charge in [0.15, 0.2) is 11.0 Å². The van der Waals surface area contributed by atoms with Crippen molar-refractivity contribution >= 4 is 29.3 Å². The highest BCUT2D eigenvalue weighted by molar-refractivity contribution is 7.99. The maximum absolute atomic E-state index is 12.5. The first-order valence-corrected chi connectivity index (χ1v) is 11.2. The first-order valence-electron chi connectivity index (χ1n) is 10.2. The topological polar surface area (TPSA) is 88.9 Å². The zero-order chi connectivity index (χ0) is 22.4. The normalized spacial score (nSPS) is 11.7. The number of nitrogens with zero attached hydrogens (tertiary/aromatic N) is 3. The first-order chi connectivity index (χ1) is 14.9. The van der Waals surface area contributed by atoms with Crippen molar-refractivity contribution in [2.24, 2.45) is 0 Å². The van der Waals surface area contributed by atoms with E-state index in [1.54, 1.807) is 12.1 Å². The summed E-state index contributed by atoms with van der Waals surface area (Å²) < 4.78 is 1.92. The zero-order valence-corrected chi connectivity index (χ0v) is 19.0. The molecule has 0 aliphatic heterocycles. The number of hydrogen-bond donors (Lipinski definition) is 2. The van der Waals surface area contributed by atoms with Gasteiger partial charge in [-0.1, -0.05) is 41.6 Å². The summed E-state index contributed by atoms with van der Waals surface area (Å²) in [5.41, 5.74) is 3.56. The van der Waals surface area contributed by atoms with E-state index in [0.717, 1.165) is 16.8 Å². The molecule has 1 heterocycles. The van der Waals surface area contributed by atoms with Gasteiger partial charge in [-0.25, -0.2) is 0 Å². The Hall–Kier alpha value is -3.13. The van der Waals surface area contributed by atoms with Gasteiger partial charge in [0.25, 0.3) is 5.91 Å². The molecule has 0 radical (unpaired) electrons. The number of benzene rings is 2. The second-order valence-corrected chi connectivity index (χ2v) is 8.30. The van der Waals surface area contributed by atoms with E-state index in [9.17, 15) is 9.59 Å². The molecule has 3 aromatic rings. The molecule has 0 saturated heterocycles. The summed E-state index contributed by atoms with van der Waals surface area (Å²) in [4.78, 5) is 24.8. The monoisotopic (exact) mass is 437 g/mol. The van der Waals surface area contributed by atoms with Crippen molar-refractivity contribution in [2.75, 3.05) is 11.1 Å². The molecule has 0 saturated carbocycles. The number of thioether (sulfide) groups is 1. The van der Waals surface area contributed by atoms with Gasteiger partial charge >= 0.3 is 0 Å².